The molecule has 3 atom stereocenters. The second-order valence-corrected chi connectivity index (χ2v) is 6.99. The Labute approximate surface area is 136 Å². The van der Waals surface area contributed by atoms with Crippen molar-refractivity contribution in [1.82, 2.24) is 20.3 Å². The molecule has 1 aromatic heterocycles. The highest BCUT2D eigenvalue weighted by atomic mass is 19.4. The molecule has 0 radical (unpaired) electrons. The van der Waals surface area contributed by atoms with Crippen molar-refractivity contribution in [2.45, 2.75) is 57.3 Å². The number of carboxylic acid groups (broad SMARTS) is 1. The molecule has 1 unspecified atom stereocenters. The van der Waals surface area contributed by atoms with Gasteiger partial charge in [-0.2, -0.15) is 13.2 Å². The van der Waals surface area contributed by atoms with Gasteiger partial charge in [0.15, 0.2) is 0 Å². The van der Waals surface area contributed by atoms with Gasteiger partial charge in [0.1, 0.15) is 0 Å². The summed E-state index contributed by atoms with van der Waals surface area (Å²) in [5.41, 5.74) is 0.315. The zero-order valence-corrected chi connectivity index (χ0v) is 13.5. The average molecular weight is 348 g/mol. The molecule has 2 N–H and O–H groups in total. The second-order valence-electron chi connectivity index (χ2n) is 6.99. The molecule has 1 saturated carbocycles. The highest BCUT2D eigenvalue weighted by Gasteiger charge is 2.45. The second kappa shape index (κ2) is 6.06. The first kappa shape index (κ1) is 18.2. The first-order chi connectivity index (χ1) is 10.9. The maximum atomic E-state index is 12.5. The fraction of sp³-hybridized carbons (Fsp3) is 0.714. The van der Waals surface area contributed by atoms with E-state index in [0.29, 0.717) is 5.69 Å². The van der Waals surface area contributed by atoms with Crippen molar-refractivity contribution in [2.75, 3.05) is 0 Å². The van der Waals surface area contributed by atoms with Gasteiger partial charge < -0.3 is 10.4 Å². The van der Waals surface area contributed by atoms with Gasteiger partial charge in [-0.25, -0.2) is 4.68 Å². The average Bonchev–Trinajstić information content (AvgIpc) is 3.02. The topological polar surface area (TPSA) is 97.1 Å². The minimum absolute atomic E-state index is 0.0745. The molecule has 1 aliphatic carbocycles. The SMILES string of the molecule is CC(C)(C)c1cn([C@@H]2CC(C(=O)O)C[C@@H]2NC(=O)C(F)(F)F)nn1. The van der Waals surface area contributed by atoms with E-state index in [1.54, 1.807) is 6.20 Å². The number of hydrogen-bond acceptors (Lipinski definition) is 4. The van der Waals surface area contributed by atoms with Crippen LogP contribution >= 0.6 is 0 Å². The third-order valence-electron chi connectivity index (χ3n) is 4.07. The van der Waals surface area contributed by atoms with Gasteiger partial charge in [0.25, 0.3) is 0 Å². The van der Waals surface area contributed by atoms with Crippen LogP contribution in [-0.2, 0) is 15.0 Å². The summed E-state index contributed by atoms with van der Waals surface area (Å²) in [5, 5.41) is 18.9. The van der Waals surface area contributed by atoms with Gasteiger partial charge >= 0.3 is 18.1 Å². The van der Waals surface area contributed by atoms with Crippen LogP contribution in [0.1, 0.15) is 45.3 Å². The molecule has 7 nitrogen and oxygen atoms in total. The molecule has 0 bridgehead atoms. The Morgan fingerprint density at radius 1 is 1.29 bits per heavy atom. The number of aromatic nitrogens is 3. The van der Waals surface area contributed by atoms with E-state index in [2.05, 4.69) is 10.3 Å². The predicted molar refractivity (Wildman–Crippen MR) is 76.1 cm³/mol. The molecular formula is C14H19F3N4O3. The molecule has 0 saturated heterocycles. The van der Waals surface area contributed by atoms with Crippen LogP contribution in [0.15, 0.2) is 6.20 Å². The number of carbonyl (C=O) groups is 2. The Morgan fingerprint density at radius 3 is 2.38 bits per heavy atom. The van der Waals surface area contributed by atoms with Crippen molar-refractivity contribution < 1.29 is 27.9 Å². The van der Waals surface area contributed by atoms with E-state index in [9.17, 15) is 22.8 Å². The van der Waals surface area contributed by atoms with E-state index in [1.807, 2.05) is 26.1 Å². The van der Waals surface area contributed by atoms with Gasteiger partial charge in [0.05, 0.1) is 23.7 Å². The molecule has 2 rings (SSSR count). The maximum absolute atomic E-state index is 12.5. The number of rotatable bonds is 3. The van der Waals surface area contributed by atoms with Crippen molar-refractivity contribution in [3.05, 3.63) is 11.9 Å². The number of nitrogens with one attached hydrogen (secondary N) is 1. The fourth-order valence-corrected chi connectivity index (χ4v) is 2.70. The predicted octanol–water partition coefficient (Wildman–Crippen LogP) is 1.66. The lowest BCUT2D eigenvalue weighted by Crippen LogP contribution is -2.45. The van der Waals surface area contributed by atoms with Crippen molar-refractivity contribution in [1.29, 1.82) is 0 Å². The van der Waals surface area contributed by atoms with Crippen LogP contribution in [0.25, 0.3) is 0 Å². The number of carbonyl (C=O) groups excluding carboxylic acids is 1. The number of nitrogens with zero attached hydrogens (tertiary/aromatic N) is 3. The first-order valence-electron chi connectivity index (χ1n) is 7.42. The van der Waals surface area contributed by atoms with E-state index in [0.717, 1.165) is 0 Å². The van der Waals surface area contributed by atoms with Gasteiger partial charge in [-0.3, -0.25) is 9.59 Å². The molecule has 134 valence electrons. The van der Waals surface area contributed by atoms with Gasteiger partial charge in [-0.1, -0.05) is 26.0 Å². The third-order valence-corrected chi connectivity index (χ3v) is 4.07. The van der Waals surface area contributed by atoms with Gasteiger partial charge in [0.2, 0.25) is 0 Å². The number of halogens is 3. The Kier molecular flexibility index (Phi) is 4.60. The van der Waals surface area contributed by atoms with Crippen LogP contribution in [0, 0.1) is 5.92 Å². The van der Waals surface area contributed by atoms with E-state index in [4.69, 9.17) is 5.11 Å². The Morgan fingerprint density at radius 2 is 1.92 bits per heavy atom. The summed E-state index contributed by atoms with van der Waals surface area (Å²) in [7, 11) is 0. The van der Waals surface area contributed by atoms with Crippen molar-refractivity contribution >= 4 is 11.9 Å². The molecule has 1 fully saturated rings. The number of aliphatic carboxylic acids is 1. The minimum Gasteiger partial charge on any atom is -0.481 e. The number of hydrogen-bond donors (Lipinski definition) is 2. The summed E-state index contributed by atoms with van der Waals surface area (Å²) in [5.74, 6) is -4.05. The lowest BCUT2D eigenvalue weighted by molar-refractivity contribution is -0.174. The molecule has 1 amide bonds. The van der Waals surface area contributed by atoms with Gasteiger partial charge in [-0.15, -0.1) is 5.10 Å². The zero-order valence-electron chi connectivity index (χ0n) is 13.5. The summed E-state index contributed by atoms with van der Waals surface area (Å²) in [4.78, 5) is 22.4. The summed E-state index contributed by atoms with van der Waals surface area (Å²) >= 11 is 0. The molecule has 0 aliphatic heterocycles. The molecule has 1 aromatic rings. The van der Waals surface area contributed by atoms with Crippen molar-refractivity contribution in [3.8, 4) is 0 Å². The maximum Gasteiger partial charge on any atom is 0.471 e. The summed E-state index contributed by atoms with van der Waals surface area (Å²) in [6.45, 7) is 5.71. The zero-order chi connectivity index (χ0) is 18.3. The summed E-state index contributed by atoms with van der Waals surface area (Å²) in [6.07, 6.45) is -3.45. The smallest absolute Gasteiger partial charge is 0.471 e. The first-order valence-corrected chi connectivity index (χ1v) is 7.42. The van der Waals surface area contributed by atoms with E-state index in [-0.39, 0.29) is 18.3 Å². The Balaban J connectivity index is 2.25. The molecule has 1 aliphatic rings. The van der Waals surface area contributed by atoms with Crippen molar-refractivity contribution in [3.63, 3.8) is 0 Å². The highest BCUT2D eigenvalue weighted by molar-refractivity contribution is 5.82. The standard InChI is InChI=1S/C14H19F3N4O3/c1-13(2,3)10-6-21(20-19-10)9-5-7(11(22)23)4-8(9)18-12(24)14(15,16)17/h6-9H,4-5H2,1-3H3,(H,18,24)(H,22,23)/t7?,8-,9+/m0/s1. The number of carboxylic acids is 1. The van der Waals surface area contributed by atoms with Gasteiger partial charge in [0, 0.05) is 11.6 Å². The van der Waals surface area contributed by atoms with E-state index >= 15 is 0 Å². The van der Waals surface area contributed by atoms with Crippen LogP contribution in [0.5, 0.6) is 0 Å². The number of amides is 1. The van der Waals surface area contributed by atoms with Crippen LogP contribution in [-0.4, -0.2) is 44.2 Å². The van der Waals surface area contributed by atoms with Gasteiger partial charge in [-0.05, 0) is 12.8 Å². The van der Waals surface area contributed by atoms with Crippen LogP contribution in [0.3, 0.4) is 0 Å². The molecule has 10 heteroatoms. The minimum atomic E-state index is -5.02. The summed E-state index contributed by atoms with van der Waals surface area (Å²) in [6, 6.07) is -1.67. The van der Waals surface area contributed by atoms with Crippen LogP contribution in [0.4, 0.5) is 13.2 Å². The normalized spacial score (nSPS) is 24.8. The lowest BCUT2D eigenvalue weighted by atomic mass is 9.93. The monoisotopic (exact) mass is 348 g/mol. The lowest BCUT2D eigenvalue weighted by Gasteiger charge is -2.21. The fourth-order valence-electron chi connectivity index (χ4n) is 2.70. The highest BCUT2D eigenvalue weighted by Crippen LogP contribution is 2.36. The largest absolute Gasteiger partial charge is 0.481 e. The Hall–Kier alpha value is -2.13. The van der Waals surface area contributed by atoms with Crippen molar-refractivity contribution in [2.24, 2.45) is 5.92 Å². The third kappa shape index (κ3) is 3.85. The number of alkyl halides is 3. The quantitative estimate of drug-likeness (QED) is 0.866. The molecule has 0 aromatic carbocycles. The van der Waals surface area contributed by atoms with Crippen LogP contribution < -0.4 is 5.32 Å². The summed E-state index contributed by atoms with van der Waals surface area (Å²) < 4.78 is 38.8. The molecule has 1 heterocycles. The van der Waals surface area contributed by atoms with E-state index in [1.165, 1.54) is 4.68 Å². The van der Waals surface area contributed by atoms with Crippen LogP contribution in [0.2, 0.25) is 0 Å². The molecule has 0 spiro atoms. The molecule has 24 heavy (non-hydrogen) atoms. The van der Waals surface area contributed by atoms with E-state index < -0.39 is 36.1 Å². The Bertz CT molecular complexity index is 636. The molecular weight excluding hydrogens is 329 g/mol.